The highest BCUT2D eigenvalue weighted by Crippen LogP contribution is 2.49. The Balaban J connectivity index is 2.02. The Morgan fingerprint density at radius 2 is 1.37 bits per heavy atom. The van der Waals surface area contributed by atoms with E-state index in [9.17, 15) is 9.36 Å². The number of rotatable bonds is 8. The normalized spacial score (nSPS) is 14.3. The molecule has 2 unspecified atom stereocenters. The summed E-state index contributed by atoms with van der Waals surface area (Å²) in [7, 11) is -3.19. The summed E-state index contributed by atoms with van der Waals surface area (Å²) in [5.74, 6) is -0.580. The second kappa shape index (κ2) is 8.94. The molecule has 0 amide bonds. The second-order valence-electron chi connectivity index (χ2n) is 6.30. The molecule has 0 saturated carbocycles. The van der Waals surface area contributed by atoms with Crippen molar-refractivity contribution in [1.29, 1.82) is 0 Å². The van der Waals surface area contributed by atoms with Crippen LogP contribution in [0.15, 0.2) is 91.0 Å². The third-order valence-electron chi connectivity index (χ3n) is 4.49. The maximum absolute atomic E-state index is 13.8. The molecule has 0 radical (unpaired) electrons. The average molecular weight is 378 g/mol. The summed E-state index contributed by atoms with van der Waals surface area (Å²) in [6.45, 7) is 2.15. The molecule has 0 aliphatic heterocycles. The Morgan fingerprint density at radius 1 is 0.852 bits per heavy atom. The minimum Gasteiger partial charge on any atom is -0.326 e. The largest absolute Gasteiger partial charge is 0.326 e. The number of Topliss-reactive ketones (excluding diaryl/α,β-unsaturated/α-hetero) is 1. The van der Waals surface area contributed by atoms with Gasteiger partial charge in [0.2, 0.25) is 7.37 Å². The molecule has 0 heterocycles. The van der Waals surface area contributed by atoms with Gasteiger partial charge in [0.25, 0.3) is 0 Å². The van der Waals surface area contributed by atoms with Crippen LogP contribution in [0, 0.1) is 0 Å². The van der Waals surface area contributed by atoms with Gasteiger partial charge < -0.3 is 4.52 Å². The third kappa shape index (κ3) is 4.63. The number of ketones is 1. The first-order valence-electron chi connectivity index (χ1n) is 9.07. The van der Waals surface area contributed by atoms with Gasteiger partial charge in [-0.1, -0.05) is 78.9 Å². The fraction of sp³-hybridized carbons (Fsp3) is 0.174. The van der Waals surface area contributed by atoms with E-state index >= 15 is 0 Å². The zero-order valence-corrected chi connectivity index (χ0v) is 16.2. The molecular formula is C23H23O3P. The number of benzene rings is 3. The molecule has 0 saturated heterocycles. The summed E-state index contributed by atoms with van der Waals surface area (Å²) in [5.41, 5.74) is 1.46. The van der Waals surface area contributed by atoms with Crippen LogP contribution in [-0.2, 0) is 9.09 Å². The molecule has 2 atom stereocenters. The first kappa shape index (κ1) is 19.3. The first-order valence-corrected chi connectivity index (χ1v) is 10.9. The smallest absolute Gasteiger partial charge is 0.233 e. The van der Waals surface area contributed by atoms with Gasteiger partial charge in [-0.3, -0.25) is 9.36 Å². The van der Waals surface area contributed by atoms with E-state index in [2.05, 4.69) is 0 Å². The van der Waals surface area contributed by atoms with Crippen molar-refractivity contribution >= 4 is 18.5 Å². The Hall–Kier alpha value is -2.48. The summed E-state index contributed by atoms with van der Waals surface area (Å²) in [5, 5.41) is 0.647. The Bertz CT molecular complexity index is 908. The van der Waals surface area contributed by atoms with Crippen molar-refractivity contribution in [2.24, 2.45) is 0 Å². The first-order chi connectivity index (χ1) is 13.1. The average Bonchev–Trinajstić information content (AvgIpc) is 2.74. The topological polar surface area (TPSA) is 43.4 Å². The lowest BCUT2D eigenvalue weighted by atomic mass is 9.92. The molecule has 0 aliphatic carbocycles. The van der Waals surface area contributed by atoms with Crippen molar-refractivity contribution in [3.05, 3.63) is 102 Å². The SMILES string of the molecule is CCOP(=O)(CC(C(=O)c1ccccc1)c1ccccc1)c1ccccc1. The molecule has 4 heteroatoms. The molecular weight excluding hydrogens is 355 g/mol. The van der Waals surface area contributed by atoms with E-state index in [1.165, 1.54) is 0 Å². The Labute approximate surface area is 160 Å². The zero-order valence-electron chi connectivity index (χ0n) is 15.3. The summed E-state index contributed by atoms with van der Waals surface area (Å²) in [6.07, 6.45) is 0.141. The maximum atomic E-state index is 13.8. The number of carbonyl (C=O) groups is 1. The molecule has 3 rings (SSSR count). The van der Waals surface area contributed by atoms with Crippen LogP contribution in [0.2, 0.25) is 0 Å². The van der Waals surface area contributed by atoms with Crippen molar-refractivity contribution in [2.45, 2.75) is 12.8 Å². The lowest BCUT2D eigenvalue weighted by Gasteiger charge is -2.24. The Kier molecular flexibility index (Phi) is 6.39. The summed E-state index contributed by atoms with van der Waals surface area (Å²) < 4.78 is 19.5. The lowest BCUT2D eigenvalue weighted by Crippen LogP contribution is -2.21. The van der Waals surface area contributed by atoms with Crippen molar-refractivity contribution in [3.63, 3.8) is 0 Å². The molecule has 0 fully saturated rings. The lowest BCUT2D eigenvalue weighted by molar-refractivity contribution is 0.0965. The van der Waals surface area contributed by atoms with Crippen molar-refractivity contribution in [2.75, 3.05) is 12.8 Å². The predicted molar refractivity (Wildman–Crippen MR) is 110 cm³/mol. The molecule has 0 spiro atoms. The van der Waals surface area contributed by atoms with Crippen LogP contribution < -0.4 is 5.30 Å². The quantitative estimate of drug-likeness (QED) is 0.395. The van der Waals surface area contributed by atoms with Gasteiger partial charge in [-0.25, -0.2) is 0 Å². The highest BCUT2D eigenvalue weighted by Gasteiger charge is 2.34. The molecule has 3 nitrogen and oxygen atoms in total. The van der Waals surface area contributed by atoms with Crippen LogP contribution in [0.1, 0.15) is 28.8 Å². The maximum Gasteiger partial charge on any atom is 0.233 e. The zero-order chi connectivity index (χ0) is 19.1. The molecule has 0 aliphatic rings. The fourth-order valence-electron chi connectivity index (χ4n) is 3.17. The minimum atomic E-state index is -3.19. The van der Waals surface area contributed by atoms with Crippen LogP contribution in [0.25, 0.3) is 0 Å². The van der Waals surface area contributed by atoms with E-state index in [-0.39, 0.29) is 11.9 Å². The molecule has 3 aromatic rings. The molecule has 0 N–H and O–H groups in total. The van der Waals surface area contributed by atoms with Crippen LogP contribution in [0.5, 0.6) is 0 Å². The Morgan fingerprint density at radius 3 is 1.93 bits per heavy atom. The van der Waals surface area contributed by atoms with Crippen LogP contribution >= 0.6 is 7.37 Å². The van der Waals surface area contributed by atoms with Crippen LogP contribution in [0.4, 0.5) is 0 Å². The van der Waals surface area contributed by atoms with Crippen molar-refractivity contribution in [3.8, 4) is 0 Å². The van der Waals surface area contributed by atoms with Gasteiger partial charge in [0, 0.05) is 17.0 Å². The van der Waals surface area contributed by atoms with E-state index in [1.807, 2.05) is 85.8 Å². The van der Waals surface area contributed by atoms with E-state index in [4.69, 9.17) is 4.52 Å². The van der Waals surface area contributed by atoms with E-state index in [1.54, 1.807) is 12.1 Å². The number of hydrogen-bond acceptors (Lipinski definition) is 3. The van der Waals surface area contributed by atoms with Gasteiger partial charge in [0.15, 0.2) is 5.78 Å². The molecule has 138 valence electrons. The summed E-state index contributed by atoms with van der Waals surface area (Å²) in [4.78, 5) is 13.3. The predicted octanol–water partition coefficient (Wildman–Crippen LogP) is 5.29. The van der Waals surface area contributed by atoms with Crippen molar-refractivity contribution < 1.29 is 13.9 Å². The van der Waals surface area contributed by atoms with E-state index in [0.717, 1.165) is 5.56 Å². The van der Waals surface area contributed by atoms with Gasteiger partial charge in [-0.05, 0) is 24.6 Å². The van der Waals surface area contributed by atoms with Gasteiger partial charge in [0.05, 0.1) is 12.5 Å². The molecule has 27 heavy (non-hydrogen) atoms. The molecule has 0 bridgehead atoms. The summed E-state index contributed by atoms with van der Waals surface area (Å²) >= 11 is 0. The van der Waals surface area contributed by atoms with Gasteiger partial charge >= 0.3 is 0 Å². The molecule has 3 aromatic carbocycles. The second-order valence-corrected chi connectivity index (χ2v) is 8.79. The van der Waals surface area contributed by atoms with Gasteiger partial charge in [0.1, 0.15) is 0 Å². The minimum absolute atomic E-state index is 0.0438. The van der Waals surface area contributed by atoms with Crippen LogP contribution in [-0.4, -0.2) is 18.6 Å². The number of carbonyl (C=O) groups excluding carboxylic acids is 1. The van der Waals surface area contributed by atoms with E-state index in [0.29, 0.717) is 17.5 Å². The van der Waals surface area contributed by atoms with Gasteiger partial charge in [-0.2, -0.15) is 0 Å². The number of hydrogen-bond donors (Lipinski definition) is 0. The third-order valence-corrected chi connectivity index (χ3v) is 7.09. The highest BCUT2D eigenvalue weighted by molar-refractivity contribution is 7.67. The standard InChI is InChI=1S/C23H23O3P/c1-2-26-27(25,21-16-10-5-11-17-21)18-22(19-12-6-3-7-13-19)23(24)20-14-8-4-9-15-20/h3-17,22H,2,18H2,1H3. The molecule has 0 aromatic heterocycles. The van der Waals surface area contributed by atoms with Gasteiger partial charge in [-0.15, -0.1) is 0 Å². The summed E-state index contributed by atoms with van der Waals surface area (Å²) in [6, 6.07) is 27.9. The van der Waals surface area contributed by atoms with E-state index < -0.39 is 13.3 Å². The van der Waals surface area contributed by atoms with Crippen LogP contribution in [0.3, 0.4) is 0 Å². The monoisotopic (exact) mass is 378 g/mol. The fourth-order valence-corrected chi connectivity index (χ4v) is 5.53. The highest BCUT2D eigenvalue weighted by atomic mass is 31.2. The van der Waals surface area contributed by atoms with Crippen molar-refractivity contribution in [1.82, 2.24) is 0 Å².